The number of esters is 2. The molecule has 0 amide bonds. The summed E-state index contributed by atoms with van der Waals surface area (Å²) in [6.45, 7) is 18.5. The van der Waals surface area contributed by atoms with E-state index in [0.717, 1.165) is 16.3 Å². The fourth-order valence-corrected chi connectivity index (χ4v) is 4.76. The van der Waals surface area contributed by atoms with Crippen molar-refractivity contribution in [3.8, 4) is 0 Å². The summed E-state index contributed by atoms with van der Waals surface area (Å²) in [7, 11) is 0. The van der Waals surface area contributed by atoms with E-state index < -0.39 is 28.8 Å². The molecule has 4 aromatic rings. The molecule has 4 rings (SSSR count). The molecular formula is C37H51KN2O8S. The molecular weight excluding hydrogens is 672 g/mol. The molecule has 0 aliphatic rings. The van der Waals surface area contributed by atoms with Gasteiger partial charge in [-0.3, -0.25) is 9.59 Å². The third-order valence-corrected chi connectivity index (χ3v) is 6.71. The number of benzene rings is 2. The normalized spacial score (nSPS) is 11.5. The summed E-state index contributed by atoms with van der Waals surface area (Å²) in [5.41, 5.74) is 0.323. The Labute approximate surface area is 340 Å². The quantitative estimate of drug-likeness (QED) is 0.121. The Morgan fingerprint density at radius 2 is 1.16 bits per heavy atom. The Morgan fingerprint density at radius 1 is 0.735 bits per heavy atom. The summed E-state index contributed by atoms with van der Waals surface area (Å²) in [6.07, 6.45) is -0.772. The molecule has 49 heavy (non-hydrogen) atoms. The Hall–Kier alpha value is -2.61. The molecule has 0 unspecified atom stereocenters. The van der Waals surface area contributed by atoms with Gasteiger partial charge in [-0.2, -0.15) is 12.6 Å². The van der Waals surface area contributed by atoms with E-state index in [2.05, 4.69) is 12.6 Å². The number of carbonyl (C=O) groups is 4. The first-order chi connectivity index (χ1) is 22.8. The first kappa shape index (κ1) is 42.6. The van der Waals surface area contributed by atoms with Crippen molar-refractivity contribution in [3.05, 3.63) is 72.1 Å². The van der Waals surface area contributed by atoms with E-state index in [4.69, 9.17) is 20.3 Å². The molecule has 264 valence electrons. The zero-order valence-corrected chi connectivity index (χ0v) is 34.7. The molecule has 0 fully saturated rings. The van der Waals surface area contributed by atoms with Crippen molar-refractivity contribution in [2.75, 3.05) is 19.4 Å². The predicted octanol–water partition coefficient (Wildman–Crippen LogP) is 5.46. The van der Waals surface area contributed by atoms with Crippen LogP contribution in [0.3, 0.4) is 0 Å². The molecule has 0 aliphatic carbocycles. The van der Waals surface area contributed by atoms with Gasteiger partial charge in [0, 0.05) is 23.5 Å². The molecule has 0 atom stereocenters. The van der Waals surface area contributed by atoms with Gasteiger partial charge in [0.15, 0.2) is 0 Å². The van der Waals surface area contributed by atoms with Gasteiger partial charge in [0.25, 0.3) is 0 Å². The summed E-state index contributed by atoms with van der Waals surface area (Å²) in [5.74, 6) is -0.743. The molecule has 10 nitrogen and oxygen atoms in total. The van der Waals surface area contributed by atoms with Crippen LogP contribution in [0.5, 0.6) is 0 Å². The van der Waals surface area contributed by atoms with E-state index in [1.165, 1.54) is 9.13 Å². The molecule has 12 heteroatoms. The van der Waals surface area contributed by atoms with Gasteiger partial charge in [-0.25, -0.2) is 18.7 Å². The fraction of sp³-hybridized carbons (Fsp3) is 0.459. The Balaban J connectivity index is 0.000000880. The third-order valence-electron chi connectivity index (χ3n) is 6.71. The van der Waals surface area contributed by atoms with E-state index in [0.29, 0.717) is 23.5 Å². The minimum Gasteiger partial charge on any atom is -1.00 e. The Kier molecular flexibility index (Phi) is 16.6. The third kappa shape index (κ3) is 12.3. The zero-order chi connectivity index (χ0) is 37.2. The number of fused-ring (bicyclic) bond motifs is 2. The van der Waals surface area contributed by atoms with Gasteiger partial charge >= 0.3 is 75.5 Å². The monoisotopic (exact) mass is 723 g/mol. The maximum atomic E-state index is 12.8. The predicted molar refractivity (Wildman–Crippen MR) is 193 cm³/mol. The minimum atomic E-state index is -0.980. The molecule has 0 spiro atoms. The van der Waals surface area contributed by atoms with Crippen LogP contribution >= 0.6 is 12.6 Å². The van der Waals surface area contributed by atoms with Crippen molar-refractivity contribution in [2.45, 2.75) is 92.3 Å². The number of ether oxygens (including phenoxy) is 4. The molecule has 0 aliphatic heterocycles. The first-order valence-electron chi connectivity index (χ1n) is 16.4. The molecule has 2 aromatic carbocycles. The zero-order valence-electron chi connectivity index (χ0n) is 32.7. The van der Waals surface area contributed by atoms with E-state index >= 15 is 0 Å². The smallest absolute Gasteiger partial charge is 1.00 e. The largest absolute Gasteiger partial charge is 1.00 e. The van der Waals surface area contributed by atoms with Crippen LogP contribution in [0.25, 0.3) is 21.8 Å². The molecule has 0 bridgehead atoms. The maximum Gasteiger partial charge on any atom is 1.00 e. The number of nitrogens with zero attached hydrogens (tertiary/aromatic N) is 2. The summed E-state index contributed by atoms with van der Waals surface area (Å²) in [5, 5.41) is 1.75. The first-order valence-corrected chi connectivity index (χ1v) is 16.3. The maximum absolute atomic E-state index is 12.8. The van der Waals surface area contributed by atoms with Crippen molar-refractivity contribution in [1.82, 2.24) is 9.13 Å². The van der Waals surface area contributed by atoms with Gasteiger partial charge in [0.1, 0.15) is 16.6 Å². The van der Waals surface area contributed by atoms with Crippen LogP contribution in [-0.2, 0) is 40.4 Å². The summed E-state index contributed by atoms with van der Waals surface area (Å²) < 4.78 is 30.1. The van der Waals surface area contributed by atoms with Crippen LogP contribution < -0.4 is 51.4 Å². The van der Waals surface area contributed by atoms with Gasteiger partial charge in [-0.05, 0) is 99.7 Å². The SMILES string of the molecule is CCOC(=O)C(C)(C)c1cc2ccccc2n1C(=O)OC(C)(C)C.CCOC(=O)Cc1cc2ccccc2n1C(=O)OC(C)(C)C.[2H]CS.[H-].[K+]. The molecule has 0 saturated carbocycles. The van der Waals surface area contributed by atoms with Crippen LogP contribution in [-0.4, -0.2) is 63.9 Å². The topological polar surface area (TPSA) is 115 Å². The van der Waals surface area contributed by atoms with Crippen LogP contribution in [0.2, 0.25) is 0 Å². The van der Waals surface area contributed by atoms with Crippen LogP contribution in [0.1, 0.15) is 83.4 Å². The minimum absolute atomic E-state index is 0. The van der Waals surface area contributed by atoms with Gasteiger partial charge in [-0.1, -0.05) is 36.4 Å². The van der Waals surface area contributed by atoms with Crippen LogP contribution in [0.15, 0.2) is 60.7 Å². The van der Waals surface area contributed by atoms with E-state index in [-0.39, 0.29) is 84.0 Å². The fourth-order valence-electron chi connectivity index (χ4n) is 4.76. The van der Waals surface area contributed by atoms with Crippen molar-refractivity contribution < 1.29 is 92.3 Å². The summed E-state index contributed by atoms with van der Waals surface area (Å²) >= 11 is 3.46. The van der Waals surface area contributed by atoms with Gasteiger partial charge < -0.3 is 20.4 Å². The van der Waals surface area contributed by atoms with Gasteiger partial charge in [-0.15, -0.1) is 0 Å². The van der Waals surface area contributed by atoms with Crippen molar-refractivity contribution in [2.24, 2.45) is 0 Å². The number of hydrogen-bond acceptors (Lipinski definition) is 9. The van der Waals surface area contributed by atoms with E-state index in [1.54, 1.807) is 27.7 Å². The van der Waals surface area contributed by atoms with Crippen LogP contribution in [0.4, 0.5) is 9.59 Å². The van der Waals surface area contributed by atoms with Crippen molar-refractivity contribution in [3.63, 3.8) is 0 Å². The number of rotatable bonds is 6. The number of carbonyl (C=O) groups excluding carboxylic acids is 4. The second-order valence-corrected chi connectivity index (χ2v) is 13.2. The molecule has 0 radical (unpaired) electrons. The number of aromatic nitrogens is 2. The number of para-hydroxylation sites is 2. The number of thiol groups is 1. The molecule has 0 saturated heterocycles. The number of hydrogen-bond donors (Lipinski definition) is 1. The van der Waals surface area contributed by atoms with Crippen LogP contribution in [0, 0.1) is 0 Å². The summed E-state index contributed by atoms with van der Waals surface area (Å²) in [6, 6.07) is 18.6. The molecule has 2 aromatic heterocycles. The average Bonchev–Trinajstić information content (AvgIpc) is 3.55. The van der Waals surface area contributed by atoms with Gasteiger partial charge in [0.2, 0.25) is 0 Å². The second-order valence-electron chi connectivity index (χ2n) is 13.2. The standard InChI is InChI=1S/C19H25NO4.C17H21NO4.CH4S.K.H/c1-7-23-16(21)19(5,6)15-12-13-10-8-9-11-14(13)20(15)17(22)24-18(2,3)4;1-5-21-15(19)11-13-10-12-8-6-7-9-14(12)18(13)16(20)22-17(2,3)4;1-2;;/h8-12H,7H2,1-6H3;6-10H,5,11H2,1-4H3;2H,1H3;;/q;;;+1;-1/i;;1D;;. The average molecular weight is 724 g/mol. The van der Waals surface area contributed by atoms with E-state index in [1.807, 2.05) is 102 Å². The Morgan fingerprint density at radius 3 is 1.63 bits per heavy atom. The molecule has 2 heterocycles. The van der Waals surface area contributed by atoms with E-state index in [9.17, 15) is 19.2 Å². The van der Waals surface area contributed by atoms with Crippen molar-refractivity contribution in [1.29, 1.82) is 0 Å². The Bertz CT molecular complexity index is 1760. The summed E-state index contributed by atoms with van der Waals surface area (Å²) in [4.78, 5) is 49.4. The second kappa shape index (κ2) is 19.1. The molecule has 0 N–H and O–H groups in total. The van der Waals surface area contributed by atoms with Crippen molar-refractivity contribution >= 4 is 58.6 Å². The van der Waals surface area contributed by atoms with Gasteiger partial charge in [0.05, 0.1) is 30.7 Å².